The van der Waals surface area contributed by atoms with Crippen LogP contribution in [0.3, 0.4) is 0 Å². The van der Waals surface area contributed by atoms with Crippen LogP contribution in [0.5, 0.6) is 0 Å². The van der Waals surface area contributed by atoms with Gasteiger partial charge in [-0.05, 0) is 36.1 Å². The summed E-state index contributed by atoms with van der Waals surface area (Å²) in [5.41, 5.74) is 7.34. The van der Waals surface area contributed by atoms with Crippen LogP contribution < -0.4 is 16.6 Å². The second-order valence-corrected chi connectivity index (χ2v) is 7.97. The highest BCUT2D eigenvalue weighted by atomic mass is 19.1. The Bertz CT molecular complexity index is 1580. The van der Waals surface area contributed by atoms with Crippen molar-refractivity contribution < 1.29 is 8.91 Å². The van der Waals surface area contributed by atoms with Crippen molar-refractivity contribution in [2.45, 2.75) is 26.3 Å². The quantitative estimate of drug-likeness (QED) is 0.373. The predicted molar refractivity (Wildman–Crippen MR) is 131 cm³/mol. The summed E-state index contributed by atoms with van der Waals surface area (Å²) in [4.78, 5) is 26.3. The number of pyridine rings is 1. The predicted octanol–water partition coefficient (Wildman–Crippen LogP) is 4.42. The SMILES string of the molecule is CCC(Nc1ncnc(N)c1-c1noc(C)n1)c1cc2cccc(F)c2c(=O)n1-c1ccccc1. The van der Waals surface area contributed by atoms with Gasteiger partial charge in [-0.2, -0.15) is 4.98 Å². The molecular weight excluding hydrogens is 449 g/mol. The maximum absolute atomic E-state index is 14.7. The molecule has 0 fully saturated rings. The van der Waals surface area contributed by atoms with Crippen molar-refractivity contribution in [1.82, 2.24) is 24.7 Å². The van der Waals surface area contributed by atoms with Crippen molar-refractivity contribution in [2.24, 2.45) is 0 Å². The second-order valence-electron chi connectivity index (χ2n) is 7.97. The molecule has 3 heterocycles. The molecule has 10 heteroatoms. The molecule has 5 aromatic rings. The molecule has 0 amide bonds. The number of nitrogens with one attached hydrogen (secondary N) is 1. The number of aromatic nitrogens is 5. The number of nitrogens with two attached hydrogens (primary N) is 1. The van der Waals surface area contributed by atoms with E-state index in [9.17, 15) is 9.18 Å². The fraction of sp³-hybridized carbons (Fsp3) is 0.160. The van der Waals surface area contributed by atoms with Crippen molar-refractivity contribution >= 4 is 22.4 Å². The van der Waals surface area contributed by atoms with Gasteiger partial charge in [-0.15, -0.1) is 0 Å². The molecule has 0 saturated carbocycles. The Morgan fingerprint density at radius 1 is 1.14 bits per heavy atom. The van der Waals surface area contributed by atoms with Gasteiger partial charge in [-0.1, -0.05) is 42.4 Å². The zero-order valence-electron chi connectivity index (χ0n) is 19.1. The van der Waals surface area contributed by atoms with Crippen LogP contribution in [0.25, 0.3) is 27.8 Å². The van der Waals surface area contributed by atoms with E-state index >= 15 is 0 Å². The van der Waals surface area contributed by atoms with Crippen LogP contribution in [0.15, 0.2) is 70.2 Å². The summed E-state index contributed by atoms with van der Waals surface area (Å²) < 4.78 is 21.3. The lowest BCUT2D eigenvalue weighted by Crippen LogP contribution is -2.27. The highest BCUT2D eigenvalue weighted by Crippen LogP contribution is 2.33. The molecule has 0 radical (unpaired) electrons. The average Bonchev–Trinajstić information content (AvgIpc) is 3.28. The minimum Gasteiger partial charge on any atom is -0.383 e. The van der Waals surface area contributed by atoms with Crippen LogP contribution in [-0.2, 0) is 0 Å². The molecule has 5 rings (SSSR count). The van der Waals surface area contributed by atoms with Crippen LogP contribution in [0.2, 0.25) is 0 Å². The number of fused-ring (bicyclic) bond motifs is 1. The van der Waals surface area contributed by atoms with Crippen LogP contribution in [0.4, 0.5) is 16.0 Å². The number of para-hydroxylation sites is 1. The van der Waals surface area contributed by atoms with Gasteiger partial charge in [-0.3, -0.25) is 9.36 Å². The Morgan fingerprint density at radius 3 is 2.66 bits per heavy atom. The van der Waals surface area contributed by atoms with Crippen LogP contribution in [-0.4, -0.2) is 24.7 Å². The summed E-state index contributed by atoms with van der Waals surface area (Å²) in [6, 6.07) is 15.1. The van der Waals surface area contributed by atoms with Crippen molar-refractivity contribution in [3.8, 4) is 17.1 Å². The van der Waals surface area contributed by atoms with Crippen molar-refractivity contribution in [3.05, 3.63) is 88.7 Å². The molecule has 35 heavy (non-hydrogen) atoms. The molecule has 2 aromatic carbocycles. The molecule has 1 atom stereocenters. The lowest BCUT2D eigenvalue weighted by atomic mass is 10.0. The molecule has 3 N–H and O–H groups in total. The minimum absolute atomic E-state index is 0.0317. The largest absolute Gasteiger partial charge is 0.383 e. The maximum atomic E-state index is 14.7. The average molecular weight is 471 g/mol. The summed E-state index contributed by atoms with van der Waals surface area (Å²) in [7, 11) is 0. The molecule has 0 saturated heterocycles. The van der Waals surface area contributed by atoms with Crippen LogP contribution in [0, 0.1) is 12.7 Å². The Morgan fingerprint density at radius 2 is 1.94 bits per heavy atom. The molecule has 176 valence electrons. The third kappa shape index (κ3) is 3.99. The number of nitrogens with zero attached hydrogens (tertiary/aromatic N) is 5. The zero-order chi connectivity index (χ0) is 24.5. The molecule has 0 aliphatic rings. The van der Waals surface area contributed by atoms with Gasteiger partial charge in [0.2, 0.25) is 11.7 Å². The Balaban J connectivity index is 1.71. The summed E-state index contributed by atoms with van der Waals surface area (Å²) in [6.07, 6.45) is 1.91. The second kappa shape index (κ2) is 8.98. The van der Waals surface area contributed by atoms with Gasteiger partial charge >= 0.3 is 0 Å². The number of anilines is 2. The number of nitrogen functional groups attached to an aromatic ring is 1. The van der Waals surface area contributed by atoms with Gasteiger partial charge in [0.1, 0.15) is 29.3 Å². The molecule has 9 nitrogen and oxygen atoms in total. The monoisotopic (exact) mass is 471 g/mol. The molecule has 0 bridgehead atoms. The summed E-state index contributed by atoms with van der Waals surface area (Å²) in [5.74, 6) is 0.619. The first kappa shape index (κ1) is 22.2. The van der Waals surface area contributed by atoms with E-state index in [2.05, 4.69) is 25.4 Å². The number of hydrogen-bond donors (Lipinski definition) is 2. The van der Waals surface area contributed by atoms with E-state index in [4.69, 9.17) is 10.3 Å². The van der Waals surface area contributed by atoms with Gasteiger partial charge in [0.05, 0.1) is 11.4 Å². The van der Waals surface area contributed by atoms with Crippen molar-refractivity contribution in [1.29, 1.82) is 0 Å². The fourth-order valence-electron chi connectivity index (χ4n) is 4.12. The highest BCUT2D eigenvalue weighted by molar-refractivity contribution is 5.83. The number of rotatable bonds is 6. The van der Waals surface area contributed by atoms with Crippen LogP contribution >= 0.6 is 0 Å². The lowest BCUT2D eigenvalue weighted by Gasteiger charge is -2.24. The van der Waals surface area contributed by atoms with Gasteiger partial charge < -0.3 is 15.6 Å². The van der Waals surface area contributed by atoms with Gasteiger partial charge in [-0.25, -0.2) is 14.4 Å². The van der Waals surface area contributed by atoms with E-state index in [0.29, 0.717) is 40.5 Å². The molecule has 0 aliphatic heterocycles. The van der Waals surface area contributed by atoms with E-state index in [0.717, 1.165) is 0 Å². The van der Waals surface area contributed by atoms with Crippen molar-refractivity contribution in [2.75, 3.05) is 11.1 Å². The van der Waals surface area contributed by atoms with E-state index in [1.807, 2.05) is 31.2 Å². The maximum Gasteiger partial charge on any atom is 0.266 e. The zero-order valence-corrected chi connectivity index (χ0v) is 19.1. The van der Waals surface area contributed by atoms with Crippen LogP contribution in [0.1, 0.15) is 31.0 Å². The first-order chi connectivity index (χ1) is 17.0. The fourth-order valence-corrected chi connectivity index (χ4v) is 4.12. The number of benzene rings is 2. The Labute approximate surface area is 199 Å². The van der Waals surface area contributed by atoms with E-state index in [-0.39, 0.29) is 17.0 Å². The molecule has 0 spiro atoms. The number of hydrogen-bond acceptors (Lipinski definition) is 8. The Hall–Kier alpha value is -4.60. The third-order valence-electron chi connectivity index (χ3n) is 5.74. The van der Waals surface area contributed by atoms with E-state index < -0.39 is 17.4 Å². The number of halogens is 1. The molecule has 3 aromatic heterocycles. The first-order valence-electron chi connectivity index (χ1n) is 11.0. The number of aryl methyl sites for hydroxylation is 1. The smallest absolute Gasteiger partial charge is 0.266 e. The van der Waals surface area contributed by atoms with Gasteiger partial charge in [0.25, 0.3) is 5.56 Å². The highest BCUT2D eigenvalue weighted by Gasteiger charge is 2.23. The summed E-state index contributed by atoms with van der Waals surface area (Å²) in [6.45, 7) is 3.64. The van der Waals surface area contributed by atoms with E-state index in [1.165, 1.54) is 17.0 Å². The van der Waals surface area contributed by atoms with Gasteiger partial charge in [0, 0.05) is 18.3 Å². The Kier molecular flexibility index (Phi) is 5.69. The van der Waals surface area contributed by atoms with Crippen molar-refractivity contribution in [3.63, 3.8) is 0 Å². The summed E-state index contributed by atoms with van der Waals surface area (Å²) >= 11 is 0. The summed E-state index contributed by atoms with van der Waals surface area (Å²) in [5, 5.41) is 7.87. The third-order valence-corrected chi connectivity index (χ3v) is 5.74. The minimum atomic E-state index is -0.567. The lowest BCUT2D eigenvalue weighted by molar-refractivity contribution is 0.394. The molecule has 1 unspecified atom stereocenters. The normalized spacial score (nSPS) is 12.1. The standard InChI is InChI=1S/C25H22FN7O2/c1-3-18(31-23-21(22(27)28-13-29-23)24-30-14(2)35-32-24)19-12-15-8-7-11-17(26)20(15)25(34)33(19)16-9-5-4-6-10-16/h4-13,18H,3H2,1-2H3,(H3,27,28,29,31). The topological polar surface area (TPSA) is 125 Å². The molecule has 0 aliphatic carbocycles. The van der Waals surface area contributed by atoms with E-state index in [1.54, 1.807) is 31.2 Å². The van der Waals surface area contributed by atoms with Gasteiger partial charge in [0.15, 0.2) is 0 Å². The first-order valence-corrected chi connectivity index (χ1v) is 11.0. The molecular formula is C25H22FN7O2.